The molecule has 3 rings (SSSR count). The number of rotatable bonds is 8. The van der Waals surface area contributed by atoms with Crippen LogP contribution >= 0.6 is 0 Å². The maximum atomic E-state index is 10.7. The fraction of sp³-hybridized carbons (Fsp3) is 0.519. The number of aliphatic carboxylic acids is 1. The summed E-state index contributed by atoms with van der Waals surface area (Å²) in [7, 11) is 0. The number of carbonyl (C=O) groups is 1. The van der Waals surface area contributed by atoms with E-state index in [1.54, 1.807) is 0 Å². The van der Waals surface area contributed by atoms with Gasteiger partial charge in [-0.2, -0.15) is 0 Å². The zero-order chi connectivity index (χ0) is 22.4. The first-order valence-corrected chi connectivity index (χ1v) is 11.5. The number of benzene rings is 2. The molecular formula is C27H37NO3. The van der Waals surface area contributed by atoms with Gasteiger partial charge in [0.05, 0.1) is 12.5 Å². The molecule has 2 aromatic carbocycles. The van der Waals surface area contributed by atoms with Crippen molar-refractivity contribution < 1.29 is 14.6 Å². The summed E-state index contributed by atoms with van der Waals surface area (Å²) in [5, 5.41) is 12.0. The Labute approximate surface area is 187 Å². The van der Waals surface area contributed by atoms with Gasteiger partial charge >= 0.3 is 5.97 Å². The minimum Gasteiger partial charge on any atom is -0.490 e. The maximum absolute atomic E-state index is 10.7. The van der Waals surface area contributed by atoms with Crippen molar-refractivity contribution in [3.05, 3.63) is 53.6 Å². The lowest BCUT2D eigenvalue weighted by Crippen LogP contribution is -2.30. The molecule has 4 nitrogen and oxygen atoms in total. The van der Waals surface area contributed by atoms with Crippen LogP contribution in [-0.4, -0.2) is 23.7 Å². The zero-order valence-corrected chi connectivity index (χ0v) is 19.4. The van der Waals surface area contributed by atoms with Gasteiger partial charge in [0.2, 0.25) is 0 Å². The molecule has 0 aromatic heterocycles. The van der Waals surface area contributed by atoms with Gasteiger partial charge in [0.15, 0.2) is 0 Å². The van der Waals surface area contributed by atoms with Gasteiger partial charge in [-0.3, -0.25) is 4.79 Å². The number of ether oxygens (including phenoxy) is 1. The molecule has 4 heteroatoms. The standard InChI is InChI=1S/C27H37NO3/c1-19-14-22(21-7-5-6-20(16-21)18-28-13-12-26(29)30)17-25(15-19)31-24-10-8-23(9-11-24)27(2,3)4/h5-7,14-17,23-24,28H,8-13,18H2,1-4H3,(H,29,30)/t23-,24-. The van der Waals surface area contributed by atoms with Crippen molar-refractivity contribution in [2.45, 2.75) is 72.4 Å². The predicted octanol–water partition coefficient (Wildman–Crippen LogP) is 6.21. The minimum atomic E-state index is -0.777. The Morgan fingerprint density at radius 3 is 2.48 bits per heavy atom. The summed E-state index contributed by atoms with van der Waals surface area (Å²) < 4.78 is 6.42. The summed E-state index contributed by atoms with van der Waals surface area (Å²) in [6, 6.07) is 14.9. The van der Waals surface area contributed by atoms with Crippen LogP contribution in [0.1, 0.15) is 64.0 Å². The monoisotopic (exact) mass is 423 g/mol. The highest BCUT2D eigenvalue weighted by Gasteiger charge is 2.30. The van der Waals surface area contributed by atoms with Crippen LogP contribution in [0.4, 0.5) is 0 Å². The Bertz CT molecular complexity index is 876. The highest BCUT2D eigenvalue weighted by Crippen LogP contribution is 2.39. The normalized spacial score (nSPS) is 19.2. The fourth-order valence-corrected chi connectivity index (χ4v) is 4.51. The van der Waals surface area contributed by atoms with E-state index in [2.05, 4.69) is 75.5 Å². The molecule has 0 saturated heterocycles. The molecule has 1 fully saturated rings. The molecule has 2 N–H and O–H groups in total. The number of nitrogens with one attached hydrogen (secondary N) is 1. The van der Waals surface area contributed by atoms with Crippen LogP contribution in [0.25, 0.3) is 11.1 Å². The molecule has 0 heterocycles. The first-order valence-electron chi connectivity index (χ1n) is 11.5. The summed E-state index contributed by atoms with van der Waals surface area (Å²) in [5.74, 6) is 0.965. The van der Waals surface area contributed by atoms with Gasteiger partial charge in [0.1, 0.15) is 5.75 Å². The van der Waals surface area contributed by atoms with Crippen molar-refractivity contribution in [1.82, 2.24) is 5.32 Å². The van der Waals surface area contributed by atoms with Crippen molar-refractivity contribution in [3.8, 4) is 16.9 Å². The summed E-state index contributed by atoms with van der Waals surface area (Å²) in [6.07, 6.45) is 5.17. The average Bonchev–Trinajstić information content (AvgIpc) is 2.71. The molecule has 1 aliphatic rings. The lowest BCUT2D eigenvalue weighted by Gasteiger charge is -2.37. The first-order chi connectivity index (χ1) is 14.7. The highest BCUT2D eigenvalue weighted by molar-refractivity contribution is 5.67. The van der Waals surface area contributed by atoms with Gasteiger partial charge < -0.3 is 15.2 Å². The second kappa shape index (κ2) is 10.3. The lowest BCUT2D eigenvalue weighted by atomic mass is 9.72. The number of hydrogen-bond acceptors (Lipinski definition) is 3. The smallest absolute Gasteiger partial charge is 0.304 e. The van der Waals surface area contributed by atoms with Crippen molar-refractivity contribution in [2.75, 3.05) is 6.54 Å². The van der Waals surface area contributed by atoms with Crippen molar-refractivity contribution in [2.24, 2.45) is 11.3 Å². The van der Waals surface area contributed by atoms with Crippen LogP contribution in [0, 0.1) is 18.3 Å². The molecule has 0 unspecified atom stereocenters. The third kappa shape index (κ3) is 7.10. The third-order valence-corrected chi connectivity index (χ3v) is 6.36. The number of aryl methyl sites for hydroxylation is 1. The van der Waals surface area contributed by atoms with Crippen molar-refractivity contribution >= 4 is 5.97 Å². The summed E-state index contributed by atoms with van der Waals surface area (Å²) in [4.78, 5) is 10.7. The Balaban J connectivity index is 1.65. The van der Waals surface area contributed by atoms with Gasteiger partial charge in [-0.15, -0.1) is 0 Å². The van der Waals surface area contributed by atoms with E-state index in [9.17, 15) is 4.79 Å². The van der Waals surface area contributed by atoms with Gasteiger partial charge in [-0.25, -0.2) is 0 Å². The molecule has 0 atom stereocenters. The molecule has 1 aliphatic carbocycles. The van der Waals surface area contributed by atoms with E-state index in [0.717, 1.165) is 41.2 Å². The molecule has 0 radical (unpaired) electrons. The van der Waals surface area contributed by atoms with Crippen molar-refractivity contribution in [1.29, 1.82) is 0 Å². The van der Waals surface area contributed by atoms with E-state index in [4.69, 9.17) is 9.84 Å². The van der Waals surface area contributed by atoms with Gasteiger partial charge in [0.25, 0.3) is 0 Å². The number of hydrogen-bond donors (Lipinski definition) is 2. The van der Waals surface area contributed by atoms with E-state index in [1.807, 2.05) is 0 Å². The average molecular weight is 424 g/mol. The Kier molecular flexibility index (Phi) is 7.77. The fourth-order valence-electron chi connectivity index (χ4n) is 4.51. The van der Waals surface area contributed by atoms with Crippen LogP contribution in [0.5, 0.6) is 5.75 Å². The van der Waals surface area contributed by atoms with E-state index in [0.29, 0.717) is 24.6 Å². The van der Waals surface area contributed by atoms with Crippen LogP contribution < -0.4 is 10.1 Å². The molecule has 0 aliphatic heterocycles. The third-order valence-electron chi connectivity index (χ3n) is 6.36. The molecule has 31 heavy (non-hydrogen) atoms. The molecular weight excluding hydrogens is 386 g/mol. The summed E-state index contributed by atoms with van der Waals surface area (Å²) >= 11 is 0. The van der Waals surface area contributed by atoms with Gasteiger partial charge in [0, 0.05) is 13.1 Å². The molecule has 1 saturated carbocycles. The van der Waals surface area contributed by atoms with Crippen molar-refractivity contribution in [3.63, 3.8) is 0 Å². The molecule has 168 valence electrons. The number of carboxylic acid groups (broad SMARTS) is 1. The second-order valence-corrected chi connectivity index (χ2v) is 10.0. The van der Waals surface area contributed by atoms with E-state index in [-0.39, 0.29) is 6.42 Å². The first kappa shape index (κ1) is 23.3. The molecule has 0 bridgehead atoms. The van der Waals surface area contributed by atoms with Gasteiger partial charge in [-0.1, -0.05) is 45.0 Å². The SMILES string of the molecule is Cc1cc(O[C@H]2CC[C@H](C(C)(C)C)CC2)cc(-c2cccc(CNCCC(=O)O)c2)c1. The lowest BCUT2D eigenvalue weighted by molar-refractivity contribution is -0.136. The Morgan fingerprint density at radius 1 is 1.06 bits per heavy atom. The zero-order valence-electron chi connectivity index (χ0n) is 19.4. The van der Waals surface area contributed by atoms with E-state index in [1.165, 1.54) is 18.4 Å². The van der Waals surface area contributed by atoms with Crippen LogP contribution in [0.2, 0.25) is 0 Å². The molecule has 2 aromatic rings. The quantitative estimate of drug-likeness (QED) is 0.496. The topological polar surface area (TPSA) is 58.6 Å². The van der Waals surface area contributed by atoms with Crippen LogP contribution in [-0.2, 0) is 11.3 Å². The summed E-state index contributed by atoms with van der Waals surface area (Å²) in [5.41, 5.74) is 5.04. The minimum absolute atomic E-state index is 0.135. The Hall–Kier alpha value is -2.33. The second-order valence-electron chi connectivity index (χ2n) is 10.0. The maximum Gasteiger partial charge on any atom is 0.304 e. The number of carboxylic acids is 1. The van der Waals surface area contributed by atoms with E-state index >= 15 is 0 Å². The molecule has 0 amide bonds. The predicted molar refractivity (Wildman–Crippen MR) is 126 cm³/mol. The van der Waals surface area contributed by atoms with Gasteiger partial charge in [-0.05, 0) is 84.4 Å². The largest absolute Gasteiger partial charge is 0.490 e. The Morgan fingerprint density at radius 2 is 1.81 bits per heavy atom. The van der Waals surface area contributed by atoms with E-state index < -0.39 is 5.97 Å². The van der Waals surface area contributed by atoms with Crippen LogP contribution in [0.15, 0.2) is 42.5 Å². The molecule has 0 spiro atoms. The summed E-state index contributed by atoms with van der Waals surface area (Å²) in [6.45, 7) is 10.3. The highest BCUT2D eigenvalue weighted by atomic mass is 16.5. The van der Waals surface area contributed by atoms with Crippen LogP contribution in [0.3, 0.4) is 0 Å².